The van der Waals surface area contributed by atoms with Gasteiger partial charge in [-0.3, -0.25) is 14.5 Å². The number of hydrogen-bond acceptors (Lipinski definition) is 3. The van der Waals surface area contributed by atoms with E-state index in [1.807, 2.05) is 6.92 Å². The first-order valence-corrected chi connectivity index (χ1v) is 7.65. The summed E-state index contributed by atoms with van der Waals surface area (Å²) < 4.78 is 0. The molecule has 2 rings (SSSR count). The minimum absolute atomic E-state index is 0.126. The van der Waals surface area contributed by atoms with E-state index in [1.54, 1.807) is 0 Å². The van der Waals surface area contributed by atoms with Crippen molar-refractivity contribution in [3.63, 3.8) is 0 Å². The van der Waals surface area contributed by atoms with Gasteiger partial charge in [0, 0.05) is 30.8 Å². The number of carbonyl (C=O) groups excluding carboxylic acids is 2. The third-order valence-corrected chi connectivity index (χ3v) is 4.72. The fraction of sp³-hybridized carbons (Fsp3) is 0.867. The average molecular weight is 266 g/mol. The molecule has 2 fully saturated rings. The zero-order valence-electron chi connectivity index (χ0n) is 11.9. The quantitative estimate of drug-likeness (QED) is 0.842. The highest BCUT2D eigenvalue weighted by Gasteiger charge is 2.36. The number of ketones is 1. The maximum atomic E-state index is 12.1. The molecule has 0 aromatic heterocycles. The maximum Gasteiger partial charge on any atom is 0.221 e. The Morgan fingerprint density at radius 1 is 1.32 bits per heavy atom. The van der Waals surface area contributed by atoms with E-state index in [9.17, 15) is 9.59 Å². The van der Waals surface area contributed by atoms with E-state index < -0.39 is 0 Å². The van der Waals surface area contributed by atoms with Crippen LogP contribution in [0.15, 0.2) is 0 Å². The first-order valence-electron chi connectivity index (χ1n) is 7.65. The van der Waals surface area contributed by atoms with Crippen molar-refractivity contribution >= 4 is 11.7 Å². The summed E-state index contributed by atoms with van der Waals surface area (Å²) in [6.45, 7) is 3.60. The van der Waals surface area contributed by atoms with Gasteiger partial charge in [-0.05, 0) is 32.2 Å². The number of rotatable bonds is 4. The number of primary amides is 1. The Balaban J connectivity index is 2.02. The zero-order valence-corrected chi connectivity index (χ0v) is 11.9. The van der Waals surface area contributed by atoms with E-state index >= 15 is 0 Å². The first-order chi connectivity index (χ1) is 9.09. The Kier molecular flexibility index (Phi) is 4.97. The van der Waals surface area contributed by atoms with Crippen LogP contribution >= 0.6 is 0 Å². The molecular formula is C15H26N2O2. The number of amides is 1. The molecule has 1 aliphatic carbocycles. The largest absolute Gasteiger partial charge is 0.369 e. The monoisotopic (exact) mass is 266 g/mol. The molecule has 1 aliphatic heterocycles. The van der Waals surface area contributed by atoms with Crippen LogP contribution in [-0.2, 0) is 9.59 Å². The number of hydrogen-bond donors (Lipinski definition) is 1. The Labute approximate surface area is 115 Å². The molecule has 0 aromatic rings. The molecule has 1 saturated heterocycles. The third kappa shape index (κ3) is 3.56. The summed E-state index contributed by atoms with van der Waals surface area (Å²) in [5.74, 6) is 0.280. The van der Waals surface area contributed by atoms with Crippen LogP contribution in [0.3, 0.4) is 0 Å². The van der Waals surface area contributed by atoms with Gasteiger partial charge in [-0.1, -0.05) is 19.8 Å². The highest BCUT2D eigenvalue weighted by molar-refractivity contribution is 5.82. The smallest absolute Gasteiger partial charge is 0.221 e. The number of nitrogens with two attached hydrogens (primary N) is 1. The van der Waals surface area contributed by atoms with Crippen molar-refractivity contribution in [2.24, 2.45) is 17.6 Å². The van der Waals surface area contributed by atoms with Crippen LogP contribution < -0.4 is 5.73 Å². The molecule has 4 heteroatoms. The second-order valence-corrected chi connectivity index (χ2v) is 6.18. The van der Waals surface area contributed by atoms with Gasteiger partial charge in [-0.25, -0.2) is 0 Å². The predicted molar refractivity (Wildman–Crippen MR) is 74.5 cm³/mol. The van der Waals surface area contributed by atoms with E-state index in [2.05, 4.69) is 4.90 Å². The lowest BCUT2D eigenvalue weighted by Gasteiger charge is -2.41. The van der Waals surface area contributed by atoms with Crippen molar-refractivity contribution in [3.05, 3.63) is 0 Å². The van der Waals surface area contributed by atoms with Crippen LogP contribution in [0, 0.1) is 11.8 Å². The molecule has 1 heterocycles. The third-order valence-electron chi connectivity index (χ3n) is 4.72. The van der Waals surface area contributed by atoms with Crippen LogP contribution in [0.1, 0.15) is 51.9 Å². The highest BCUT2D eigenvalue weighted by Crippen LogP contribution is 2.32. The molecule has 0 aromatic carbocycles. The fourth-order valence-corrected chi connectivity index (χ4v) is 3.56. The number of Topliss-reactive ketones (excluding diaryl/α,β-unsaturated/α-hetero) is 1. The van der Waals surface area contributed by atoms with E-state index in [0.717, 1.165) is 32.2 Å². The van der Waals surface area contributed by atoms with E-state index in [4.69, 9.17) is 5.73 Å². The second kappa shape index (κ2) is 6.51. The number of piperidine rings is 1. The first kappa shape index (κ1) is 14.5. The molecule has 108 valence electrons. The lowest BCUT2D eigenvalue weighted by atomic mass is 9.79. The van der Waals surface area contributed by atoms with Gasteiger partial charge in [-0.2, -0.15) is 0 Å². The van der Waals surface area contributed by atoms with E-state index in [1.165, 1.54) is 19.3 Å². The number of likely N-dealkylation sites (tertiary alicyclic amines) is 1. The van der Waals surface area contributed by atoms with Gasteiger partial charge in [0.05, 0.1) is 0 Å². The van der Waals surface area contributed by atoms with Crippen molar-refractivity contribution in [2.45, 2.75) is 57.9 Å². The van der Waals surface area contributed by atoms with Crippen molar-refractivity contribution in [2.75, 3.05) is 13.1 Å². The van der Waals surface area contributed by atoms with Gasteiger partial charge >= 0.3 is 0 Å². The predicted octanol–water partition coefficient (Wildman–Crippen LogP) is 1.72. The van der Waals surface area contributed by atoms with Crippen LogP contribution in [0.25, 0.3) is 0 Å². The minimum Gasteiger partial charge on any atom is -0.369 e. The Morgan fingerprint density at radius 2 is 2.05 bits per heavy atom. The SMILES string of the molecule is CC(CN1CCCCC1C1CCCCC1=O)C(N)=O. The topological polar surface area (TPSA) is 63.4 Å². The van der Waals surface area contributed by atoms with Crippen LogP contribution in [-0.4, -0.2) is 35.7 Å². The molecule has 2 N–H and O–H groups in total. The molecule has 1 amide bonds. The van der Waals surface area contributed by atoms with E-state index in [0.29, 0.717) is 18.4 Å². The van der Waals surface area contributed by atoms with Gasteiger partial charge in [0.1, 0.15) is 5.78 Å². The Hall–Kier alpha value is -0.900. The fourth-order valence-electron chi connectivity index (χ4n) is 3.56. The maximum absolute atomic E-state index is 12.1. The molecule has 1 saturated carbocycles. The lowest BCUT2D eigenvalue weighted by molar-refractivity contribution is -0.128. The highest BCUT2D eigenvalue weighted by atomic mass is 16.1. The molecular weight excluding hydrogens is 240 g/mol. The van der Waals surface area contributed by atoms with Gasteiger partial charge < -0.3 is 5.73 Å². The standard InChI is InChI=1S/C15H26N2O2/c1-11(15(16)19)10-17-9-5-4-7-13(17)12-6-2-3-8-14(12)18/h11-13H,2-10H2,1H3,(H2,16,19). The molecule has 0 radical (unpaired) electrons. The van der Waals surface area contributed by atoms with Crippen molar-refractivity contribution in [1.29, 1.82) is 0 Å². The second-order valence-electron chi connectivity index (χ2n) is 6.18. The molecule has 2 aliphatic rings. The Morgan fingerprint density at radius 3 is 2.74 bits per heavy atom. The summed E-state index contributed by atoms with van der Waals surface area (Å²) in [5.41, 5.74) is 5.37. The van der Waals surface area contributed by atoms with Gasteiger partial charge in [0.2, 0.25) is 5.91 Å². The average Bonchev–Trinajstić information content (AvgIpc) is 2.40. The summed E-state index contributed by atoms with van der Waals surface area (Å²) in [5, 5.41) is 0. The van der Waals surface area contributed by atoms with Gasteiger partial charge in [-0.15, -0.1) is 0 Å². The summed E-state index contributed by atoms with van der Waals surface area (Å²) in [6, 6.07) is 0.350. The molecule has 19 heavy (non-hydrogen) atoms. The van der Waals surface area contributed by atoms with Crippen LogP contribution in [0.4, 0.5) is 0 Å². The Bertz CT molecular complexity index is 343. The molecule has 0 spiro atoms. The van der Waals surface area contributed by atoms with E-state index in [-0.39, 0.29) is 17.7 Å². The molecule has 3 unspecified atom stereocenters. The molecule has 0 bridgehead atoms. The lowest BCUT2D eigenvalue weighted by Crippen LogP contribution is -2.50. The van der Waals surface area contributed by atoms with Gasteiger partial charge in [0.25, 0.3) is 0 Å². The molecule has 3 atom stereocenters. The summed E-state index contributed by atoms with van der Waals surface area (Å²) in [6.07, 6.45) is 7.48. The van der Waals surface area contributed by atoms with Crippen molar-refractivity contribution < 1.29 is 9.59 Å². The van der Waals surface area contributed by atoms with Crippen molar-refractivity contribution in [1.82, 2.24) is 4.90 Å². The van der Waals surface area contributed by atoms with Gasteiger partial charge in [0.15, 0.2) is 0 Å². The zero-order chi connectivity index (χ0) is 13.8. The summed E-state index contributed by atoms with van der Waals surface area (Å²) in [7, 11) is 0. The molecule has 4 nitrogen and oxygen atoms in total. The minimum atomic E-state index is -0.237. The van der Waals surface area contributed by atoms with Crippen molar-refractivity contribution in [3.8, 4) is 0 Å². The van der Waals surface area contributed by atoms with Crippen LogP contribution in [0.2, 0.25) is 0 Å². The van der Waals surface area contributed by atoms with Crippen LogP contribution in [0.5, 0.6) is 0 Å². The number of carbonyl (C=O) groups is 2. The summed E-state index contributed by atoms with van der Waals surface area (Å²) >= 11 is 0. The summed E-state index contributed by atoms with van der Waals surface area (Å²) in [4.78, 5) is 25.7. The normalized spacial score (nSPS) is 31.1. The number of nitrogens with zero attached hydrogens (tertiary/aromatic N) is 1.